The van der Waals surface area contributed by atoms with E-state index in [0.29, 0.717) is 41.2 Å². The zero-order valence-corrected chi connectivity index (χ0v) is 32.4. The van der Waals surface area contributed by atoms with Crippen LogP contribution in [0.2, 0.25) is 0 Å². The Bertz CT molecular complexity index is 2000. The van der Waals surface area contributed by atoms with Gasteiger partial charge in [0.25, 0.3) is 11.8 Å². The van der Waals surface area contributed by atoms with Gasteiger partial charge in [0, 0.05) is 51.5 Å². The van der Waals surface area contributed by atoms with Gasteiger partial charge in [-0.05, 0) is 81.3 Å². The first kappa shape index (κ1) is 42.0. The maximum absolute atomic E-state index is 13.7. The maximum atomic E-state index is 13.7. The fourth-order valence-electron chi connectivity index (χ4n) is 5.75. The molecule has 0 radical (unpaired) electrons. The van der Waals surface area contributed by atoms with Crippen LogP contribution in [-0.4, -0.2) is 106 Å². The highest BCUT2D eigenvalue weighted by Crippen LogP contribution is 2.32. The molecule has 1 fully saturated rings. The summed E-state index contributed by atoms with van der Waals surface area (Å²) in [5.41, 5.74) is 3.02. The lowest BCUT2D eigenvalue weighted by molar-refractivity contribution is -0.132. The topological polar surface area (TPSA) is 154 Å². The second-order valence-corrected chi connectivity index (χ2v) is 14.5. The number of fused-ring (bicyclic) bond motifs is 1. The predicted octanol–water partition coefficient (Wildman–Crippen LogP) is 5.37. The van der Waals surface area contributed by atoms with Crippen molar-refractivity contribution in [3.05, 3.63) is 71.3 Å². The van der Waals surface area contributed by atoms with Crippen molar-refractivity contribution in [2.24, 2.45) is 0 Å². The van der Waals surface area contributed by atoms with Crippen LogP contribution in [0.1, 0.15) is 52.0 Å². The molecule has 2 N–H and O–H groups in total. The number of unbranched alkanes of at least 4 members (excludes halogenated alkanes) is 2. The lowest BCUT2D eigenvalue weighted by Gasteiger charge is -2.32. The molecule has 52 heavy (non-hydrogen) atoms. The number of ether oxygens (including phenoxy) is 2. The third-order valence-electron chi connectivity index (χ3n) is 8.71. The molecule has 0 unspecified atom stereocenters. The number of carbonyl (C=O) groups excluding carboxylic acids is 3. The number of amides is 3. The Hall–Kier alpha value is -4.37. The highest BCUT2D eigenvalue weighted by atomic mass is 35.5. The largest absolute Gasteiger partial charge is 0.495 e. The van der Waals surface area contributed by atoms with Crippen LogP contribution in [0.25, 0.3) is 11.0 Å². The molecule has 0 aliphatic carbocycles. The monoisotopic (exact) mass is 776 g/mol. The number of nitrogens with one attached hydrogen (secondary N) is 2. The zero-order chi connectivity index (χ0) is 36.0. The smallest absolute Gasteiger partial charge is 0.258 e. The molecule has 3 amide bonds. The van der Waals surface area contributed by atoms with Crippen molar-refractivity contribution >= 4 is 74.8 Å². The van der Waals surface area contributed by atoms with Crippen molar-refractivity contribution in [2.45, 2.75) is 37.8 Å². The zero-order valence-electron chi connectivity index (χ0n) is 29.9. The van der Waals surface area contributed by atoms with Crippen molar-refractivity contribution in [3.63, 3.8) is 0 Å². The van der Waals surface area contributed by atoms with E-state index in [-0.39, 0.29) is 58.6 Å². The number of carbonyl (C=O) groups is 3. The Kier molecular flexibility index (Phi) is 14.9. The Labute approximate surface area is 316 Å². The average molecular weight is 778 g/mol. The summed E-state index contributed by atoms with van der Waals surface area (Å²) in [5, 5.41) is 2.56. The third kappa shape index (κ3) is 10.1. The number of para-hydroxylation sites is 1. The third-order valence-corrected chi connectivity index (χ3v) is 9.61. The predicted molar refractivity (Wildman–Crippen MR) is 207 cm³/mol. The van der Waals surface area contributed by atoms with Crippen LogP contribution in [0, 0.1) is 6.92 Å². The van der Waals surface area contributed by atoms with E-state index in [0.717, 1.165) is 57.3 Å². The summed E-state index contributed by atoms with van der Waals surface area (Å²) in [6, 6.07) is 15.2. The van der Waals surface area contributed by atoms with Gasteiger partial charge in [0.15, 0.2) is 0 Å². The average Bonchev–Trinajstić information content (AvgIpc) is 3.55. The number of hydrogen-bond acceptors (Lipinski definition) is 9. The number of methoxy groups -OCH3 is 1. The molecule has 1 saturated heterocycles. The fourth-order valence-corrected chi connectivity index (χ4v) is 6.31. The molecule has 5 rings (SSSR count). The second kappa shape index (κ2) is 18.4. The Morgan fingerprint density at radius 2 is 1.69 bits per heavy atom. The molecule has 282 valence electrons. The van der Waals surface area contributed by atoms with Crippen LogP contribution in [0.15, 0.2) is 59.8 Å². The minimum Gasteiger partial charge on any atom is -0.495 e. The molecule has 4 aromatic rings. The van der Waals surface area contributed by atoms with Crippen molar-refractivity contribution < 1.29 is 32.3 Å². The molecule has 1 aliphatic rings. The summed E-state index contributed by atoms with van der Waals surface area (Å²) in [6.07, 6.45) is 4.01. The number of aryl methyl sites for hydroxylation is 1. The van der Waals surface area contributed by atoms with E-state index in [1.165, 1.54) is 12.0 Å². The van der Waals surface area contributed by atoms with Gasteiger partial charge in [-0.3, -0.25) is 14.4 Å². The van der Waals surface area contributed by atoms with Gasteiger partial charge in [-0.2, -0.15) is 0 Å². The van der Waals surface area contributed by atoms with Gasteiger partial charge < -0.3 is 34.5 Å². The first-order valence-corrected chi connectivity index (χ1v) is 18.4. The normalized spacial score (nSPS) is 13.1. The summed E-state index contributed by atoms with van der Waals surface area (Å²) < 4.78 is 35.7. The first-order valence-electron chi connectivity index (χ1n) is 16.5. The number of hydrogen-bond donors (Lipinski definition) is 2. The number of imidazole rings is 1. The molecule has 16 heteroatoms. The highest BCUT2D eigenvalue weighted by molar-refractivity contribution is 7.90. The van der Waals surface area contributed by atoms with Crippen molar-refractivity contribution in [1.29, 1.82) is 0 Å². The molecule has 0 spiro atoms. The Morgan fingerprint density at radius 1 is 0.962 bits per heavy atom. The molecular formula is C36H46Cl2N6O7S. The lowest BCUT2D eigenvalue weighted by Crippen LogP contribution is -2.47. The van der Waals surface area contributed by atoms with Crippen molar-refractivity contribution in [1.82, 2.24) is 19.8 Å². The molecular weight excluding hydrogens is 731 g/mol. The van der Waals surface area contributed by atoms with Gasteiger partial charge in [-0.25, -0.2) is 13.4 Å². The van der Waals surface area contributed by atoms with Gasteiger partial charge in [0.05, 0.1) is 36.2 Å². The standard InChI is InChI=1S/C36H44N6O7S.2ClH/c1-24-13-16-29(31(22-24)49-21-8-6-7-12-32(43)42-19-17-40(2)18-20-42)41(3)35(45)25-14-15-27(30(23-25)48-4)37-34(44)26-10-9-11-28-33(26)39-36(38-28)50(5,46)47;;/h9-11,13-16,22-23H,6-8,12,17-21H2,1-5H3,(H,37,44)(H,38,39);2*1H. The van der Waals surface area contributed by atoms with E-state index in [1.807, 2.05) is 30.0 Å². The van der Waals surface area contributed by atoms with Crippen molar-refractivity contribution in [3.8, 4) is 11.5 Å². The number of rotatable bonds is 13. The number of piperazine rings is 1. The Morgan fingerprint density at radius 3 is 2.38 bits per heavy atom. The van der Waals surface area contributed by atoms with Crippen LogP contribution in [0.4, 0.5) is 11.4 Å². The maximum Gasteiger partial charge on any atom is 0.258 e. The lowest BCUT2D eigenvalue weighted by atomic mass is 10.1. The fraction of sp³-hybridized carbons (Fsp3) is 0.389. The van der Waals surface area contributed by atoms with E-state index in [4.69, 9.17) is 9.47 Å². The quantitative estimate of drug-likeness (QED) is 0.171. The molecule has 3 aromatic carbocycles. The van der Waals surface area contributed by atoms with Crippen LogP contribution in [-0.2, 0) is 14.6 Å². The van der Waals surface area contributed by atoms with Crippen LogP contribution >= 0.6 is 24.8 Å². The Balaban J connectivity index is 0.00000364. The van der Waals surface area contributed by atoms with E-state index >= 15 is 0 Å². The number of likely N-dealkylation sites (N-methyl/N-ethyl adjacent to an activating group) is 1. The van der Waals surface area contributed by atoms with Crippen LogP contribution in [0.5, 0.6) is 11.5 Å². The van der Waals surface area contributed by atoms with Gasteiger partial charge in [-0.1, -0.05) is 12.1 Å². The van der Waals surface area contributed by atoms with Gasteiger partial charge in [-0.15, -0.1) is 24.8 Å². The molecule has 1 aliphatic heterocycles. The summed E-state index contributed by atoms with van der Waals surface area (Å²) in [6.45, 7) is 5.80. The number of anilines is 2. The number of aromatic nitrogens is 2. The van der Waals surface area contributed by atoms with Crippen LogP contribution in [0.3, 0.4) is 0 Å². The summed E-state index contributed by atoms with van der Waals surface area (Å²) in [7, 11) is 1.56. The van der Waals surface area contributed by atoms with E-state index in [9.17, 15) is 22.8 Å². The molecule has 0 atom stereocenters. The molecule has 0 bridgehead atoms. The molecule has 1 aromatic heterocycles. The molecule has 13 nitrogen and oxygen atoms in total. The SMILES string of the molecule is COc1cc(C(=O)N(C)c2ccc(C)cc2OCCCCCC(=O)N2CCN(C)CC2)ccc1NC(=O)c1cccc2[nH]c(S(C)(=O)=O)nc12.Cl.Cl. The van der Waals surface area contributed by atoms with Gasteiger partial charge >= 0.3 is 0 Å². The van der Waals surface area contributed by atoms with Gasteiger partial charge in [0.1, 0.15) is 17.0 Å². The number of sulfone groups is 1. The number of aromatic amines is 1. The summed E-state index contributed by atoms with van der Waals surface area (Å²) in [4.78, 5) is 52.1. The first-order chi connectivity index (χ1) is 23.8. The molecule has 0 saturated carbocycles. The summed E-state index contributed by atoms with van der Waals surface area (Å²) >= 11 is 0. The minimum atomic E-state index is -3.61. The number of nitrogens with zero attached hydrogens (tertiary/aromatic N) is 4. The summed E-state index contributed by atoms with van der Waals surface area (Å²) in [5.74, 6) is 0.211. The second-order valence-electron chi connectivity index (χ2n) is 12.6. The highest BCUT2D eigenvalue weighted by Gasteiger charge is 2.22. The van der Waals surface area contributed by atoms with E-state index in [1.54, 1.807) is 43.4 Å². The van der Waals surface area contributed by atoms with Crippen LogP contribution < -0.4 is 19.7 Å². The van der Waals surface area contributed by atoms with E-state index in [2.05, 4.69) is 27.2 Å². The minimum absolute atomic E-state index is 0. The number of halogens is 2. The number of H-pyrrole nitrogens is 1. The van der Waals surface area contributed by atoms with Gasteiger partial charge in [0.2, 0.25) is 20.9 Å². The number of benzene rings is 3. The molecule has 2 heterocycles. The van der Waals surface area contributed by atoms with Crippen molar-refractivity contribution in [2.75, 3.05) is 70.5 Å². The van der Waals surface area contributed by atoms with E-state index < -0.39 is 15.7 Å².